The van der Waals surface area contributed by atoms with E-state index in [-0.39, 0.29) is 136 Å². The van der Waals surface area contributed by atoms with Crippen molar-refractivity contribution in [1.82, 2.24) is 0 Å². The number of alkyl halides is 1. The monoisotopic (exact) mass is 1030 g/mol. The smallest absolute Gasteiger partial charge is 1.00 e. The molecule has 0 spiro atoms. The summed E-state index contributed by atoms with van der Waals surface area (Å²) in [7, 11) is 9.24. The van der Waals surface area contributed by atoms with Crippen LogP contribution in [0.5, 0.6) is 11.5 Å². The molecule has 4 aromatic rings. The van der Waals surface area contributed by atoms with Crippen molar-refractivity contribution in [2.75, 3.05) is 38.4 Å². The number of carbonyl (C=O) groups is 1. The van der Waals surface area contributed by atoms with Crippen LogP contribution in [-0.4, -0.2) is 62.5 Å². The van der Waals surface area contributed by atoms with E-state index in [2.05, 4.69) is 57.3 Å². The fourth-order valence-corrected chi connectivity index (χ4v) is 5.41. The Morgan fingerprint density at radius 2 is 1.08 bits per heavy atom. The van der Waals surface area contributed by atoms with Crippen molar-refractivity contribution in [3.8, 4) is 33.8 Å². The van der Waals surface area contributed by atoms with E-state index < -0.39 is 0 Å². The van der Waals surface area contributed by atoms with E-state index in [0.29, 0.717) is 31.2 Å². The van der Waals surface area contributed by atoms with Crippen LogP contribution in [0.25, 0.3) is 31.9 Å². The number of phenolic OH excluding ortho intramolecular Hbond substituents is 1. The van der Waals surface area contributed by atoms with Crippen LogP contribution in [0.3, 0.4) is 0 Å². The Hall–Kier alpha value is 0.633. The Balaban J connectivity index is 0. The average molecular weight is 1030 g/mol. The minimum absolute atomic E-state index is 0. The summed E-state index contributed by atoms with van der Waals surface area (Å²) < 4.78 is 27.1. The molecule has 0 saturated carbocycles. The minimum atomic E-state index is -0.181. The van der Waals surface area contributed by atoms with Gasteiger partial charge in [-0.05, 0) is 92.0 Å². The molecular weight excluding hydrogens is 977 g/mol. The molecule has 6 rings (SSSR count). The number of unbranched alkanes of at least 4 members (excludes halogenated alkanes) is 2. The van der Waals surface area contributed by atoms with Gasteiger partial charge in [-0.2, -0.15) is 0 Å². The van der Waals surface area contributed by atoms with E-state index in [9.17, 15) is 0 Å². The van der Waals surface area contributed by atoms with Crippen molar-refractivity contribution in [3.05, 3.63) is 120 Å². The zero-order chi connectivity index (χ0) is 42.2. The minimum Gasteiger partial charge on any atom is -1.00 e. The predicted molar refractivity (Wildman–Crippen MR) is 249 cm³/mol. The number of nitrogens with zero attached hydrogens (tertiary/aromatic N) is 2. The van der Waals surface area contributed by atoms with Crippen LogP contribution in [0.1, 0.15) is 40.0 Å². The molecule has 4 unspecified atom stereocenters. The topological polar surface area (TPSA) is 124 Å². The number of rotatable bonds is 14. The van der Waals surface area contributed by atoms with Gasteiger partial charge in [0.15, 0.2) is 24.0 Å². The number of aromatic hydroxyl groups is 1. The third-order valence-corrected chi connectivity index (χ3v) is 20.4. The van der Waals surface area contributed by atoms with Gasteiger partial charge in [0.05, 0.1) is 46.2 Å². The molecule has 60 heavy (non-hydrogen) atoms. The Labute approximate surface area is 460 Å². The van der Waals surface area contributed by atoms with Gasteiger partial charge in [-0.25, -0.2) is 9.69 Å². The van der Waals surface area contributed by atoms with Crippen LogP contribution in [0, 0.1) is 13.1 Å². The summed E-state index contributed by atoms with van der Waals surface area (Å²) in [4.78, 5) is 18.0. The summed E-state index contributed by atoms with van der Waals surface area (Å²) in [6.07, 6.45) is 6.49. The van der Waals surface area contributed by atoms with Crippen LogP contribution in [0.15, 0.2) is 97.1 Å². The number of hydrogen-bond donors (Lipinski definition) is 1. The number of halogens is 1. The Morgan fingerprint density at radius 1 is 0.733 bits per heavy atom. The zero-order valence-electron chi connectivity index (χ0n) is 35.1. The van der Waals surface area contributed by atoms with E-state index in [0.717, 1.165) is 80.2 Å². The van der Waals surface area contributed by atoms with Gasteiger partial charge in [-0.1, -0.05) is 96.7 Å². The molecule has 314 valence electrons. The van der Waals surface area contributed by atoms with E-state index in [4.69, 9.17) is 52.0 Å². The van der Waals surface area contributed by atoms with Gasteiger partial charge in [0, 0.05) is 5.33 Å². The summed E-state index contributed by atoms with van der Waals surface area (Å²) in [6.45, 7) is 17.6. The quantitative estimate of drug-likeness (QED) is 0.0261. The van der Waals surface area contributed by atoms with Crippen LogP contribution >= 0.6 is 57.7 Å². The first-order chi connectivity index (χ1) is 28.3. The van der Waals surface area contributed by atoms with Crippen molar-refractivity contribution in [2.45, 2.75) is 51.1 Å². The molecule has 0 aliphatic carbocycles. The molecule has 2 aliphatic rings. The summed E-state index contributed by atoms with van der Waals surface area (Å²) in [5.74, 6) is 1.14. The fourth-order valence-electron chi connectivity index (χ4n) is 5.01. The zero-order valence-corrected chi connectivity index (χ0v) is 47.3. The molecule has 2 heterocycles. The summed E-state index contributed by atoms with van der Waals surface area (Å²) in [5, 5.41) is 18.7. The van der Waals surface area contributed by atoms with Crippen molar-refractivity contribution in [3.63, 3.8) is 0 Å². The van der Waals surface area contributed by atoms with Gasteiger partial charge in [0.2, 0.25) is 0 Å². The molecule has 19 heteroatoms. The first-order valence-corrected chi connectivity index (χ1v) is 27.6. The first kappa shape index (κ1) is 60.6. The number of carbonyl (C=O) groups excluding carboxylic acids is 1. The van der Waals surface area contributed by atoms with Gasteiger partial charge in [-0.3, -0.25) is 4.79 Å². The van der Waals surface area contributed by atoms with Gasteiger partial charge in [0.1, 0.15) is 11.5 Å². The molecule has 2 saturated heterocycles. The molecule has 1 N–H and O–H groups in total. The van der Waals surface area contributed by atoms with Crippen molar-refractivity contribution < 1.29 is 148 Å². The van der Waals surface area contributed by atoms with Crippen LogP contribution in [0.4, 0.5) is 11.4 Å². The fraction of sp³-hybridized carbons (Fsp3) is 0.341. The SMILES string of the molecule is BrCCCCC1OCCO1.O=CO[O-].PPP(P)P.[C-]#[N+]c1ccc(-c2ccc(O)cc2)cc1.[C-]#[N+]c1ccc(-c2ccc(OCCCCC3OCCO3)cc2)cc1.[H-].[K+].[K+]. The second-order valence-corrected chi connectivity index (χ2v) is 26.7. The maximum atomic E-state index is 9.15. The molecule has 0 amide bonds. The van der Waals surface area contributed by atoms with Crippen LogP contribution in [-0.2, 0) is 28.6 Å². The third kappa shape index (κ3) is 28.5. The second-order valence-electron chi connectivity index (χ2n) is 12.0. The molecule has 2 aliphatic heterocycles. The number of benzene rings is 4. The predicted octanol–water partition coefficient (Wildman–Crippen LogP) is 5.35. The largest absolute Gasteiger partial charge is 1.00 e. The summed E-state index contributed by atoms with van der Waals surface area (Å²) >= 11 is 3.38. The molecule has 11 nitrogen and oxygen atoms in total. The van der Waals surface area contributed by atoms with Gasteiger partial charge < -0.3 is 40.4 Å². The molecule has 4 aromatic carbocycles. The normalized spacial score (nSPS) is 12.9. The first-order valence-electron chi connectivity index (χ1n) is 18.2. The van der Waals surface area contributed by atoms with Crippen molar-refractivity contribution >= 4 is 75.5 Å². The van der Waals surface area contributed by atoms with Crippen LogP contribution in [0.2, 0.25) is 0 Å². The number of phenols is 1. The van der Waals surface area contributed by atoms with E-state index in [1.165, 1.54) is 12.8 Å². The summed E-state index contributed by atoms with van der Waals surface area (Å²) in [5.41, 5.74) is 5.59. The molecule has 0 radical (unpaired) electrons. The summed E-state index contributed by atoms with van der Waals surface area (Å²) in [6, 6.07) is 30.1. The Morgan fingerprint density at radius 3 is 1.42 bits per heavy atom. The Bertz CT molecular complexity index is 1760. The van der Waals surface area contributed by atoms with Gasteiger partial charge in [0.25, 0.3) is 6.47 Å². The maximum absolute atomic E-state index is 9.15. The maximum Gasteiger partial charge on any atom is 1.00 e. The van der Waals surface area contributed by atoms with Gasteiger partial charge >= 0.3 is 103 Å². The van der Waals surface area contributed by atoms with Crippen molar-refractivity contribution in [1.29, 1.82) is 0 Å². The molecule has 2 fully saturated rings. The molecular formula is C41H52BrK2N2O9P5. The van der Waals surface area contributed by atoms with Crippen LogP contribution < -0.4 is 113 Å². The van der Waals surface area contributed by atoms with Gasteiger partial charge in [-0.15, -0.1) is 26.8 Å². The van der Waals surface area contributed by atoms with Crippen molar-refractivity contribution in [2.24, 2.45) is 0 Å². The number of ether oxygens (including phenoxy) is 5. The molecule has 4 atom stereocenters. The average Bonchev–Trinajstić information content (AvgIpc) is 4.01. The molecule has 0 aromatic heterocycles. The third-order valence-electron chi connectivity index (χ3n) is 7.88. The second kappa shape index (κ2) is 40.0. The molecule has 0 bridgehead atoms. The van der Waals surface area contributed by atoms with E-state index in [1.54, 1.807) is 24.3 Å². The van der Waals surface area contributed by atoms with E-state index >= 15 is 0 Å². The van der Waals surface area contributed by atoms with E-state index in [1.807, 2.05) is 72.8 Å². The standard InChI is InChI=1S/C20H21NO3.C13H9NO.C7H13BrO2.CH2O3.2K.H7P5.H/c1-21-18-9-5-16(6-10-18)17-7-11-19(12-8-17)22-13-3-2-4-20-23-14-15-24-20;1-14-12-6-2-10(3-7-12)11-4-8-13(15)9-5-11;8-4-2-1-3-7-9-5-6-10-7;2-1-4-3;;;1-4-5(2)3;/h5-12,20H,2-4,13-15H2;2-9,15H;7H,1-6H2;1,3H;;;4H,1-3H2;/q;;;;2*+1;;-1/p-1. The number of hydrogen-bond acceptors (Lipinski definition) is 9. The Kier molecular flexibility index (Phi) is 40.4.